The predicted octanol–water partition coefficient (Wildman–Crippen LogP) is 3.93. The van der Waals surface area contributed by atoms with E-state index in [1.807, 2.05) is 23.8 Å². The number of thioether (sulfide) groups is 1. The molecule has 0 atom stereocenters. The second-order valence-electron chi connectivity index (χ2n) is 6.00. The van der Waals surface area contributed by atoms with Gasteiger partial charge in [0.05, 0.1) is 17.2 Å². The number of hydrogen-bond donors (Lipinski definition) is 1. The fourth-order valence-electron chi connectivity index (χ4n) is 2.55. The number of imidazole rings is 1. The summed E-state index contributed by atoms with van der Waals surface area (Å²) in [6, 6.07) is 14.9. The predicted molar refractivity (Wildman–Crippen MR) is 101 cm³/mol. The number of hydrogen-bond acceptors (Lipinski definition) is 5. The van der Waals surface area contributed by atoms with E-state index in [0.29, 0.717) is 18.0 Å². The lowest BCUT2D eigenvalue weighted by Crippen LogP contribution is -2.00. The molecule has 0 saturated carbocycles. The number of aliphatic hydroxyl groups is 1. The molecular weight excluding hydrogens is 350 g/mol. The van der Waals surface area contributed by atoms with Crippen molar-refractivity contribution >= 4 is 17.4 Å². The minimum absolute atomic E-state index is 0.0853. The highest BCUT2D eigenvalue weighted by atomic mass is 32.2. The van der Waals surface area contributed by atoms with Gasteiger partial charge in [0.15, 0.2) is 5.16 Å². The lowest BCUT2D eigenvalue weighted by Gasteiger charge is -2.08. The molecule has 1 aromatic heterocycles. The standard InChI is InChI=1S/C19H19N3O3S/c1-14-5-7-15(8-6-14)10-21-11-17(12-23)20-19(21)26-13-16-3-2-4-18(9-16)22(24)25/h2-9,11,23H,10,12-13H2,1H3. The summed E-state index contributed by atoms with van der Waals surface area (Å²) < 4.78 is 2.00. The molecule has 26 heavy (non-hydrogen) atoms. The quantitative estimate of drug-likeness (QED) is 0.388. The number of nitro groups is 1. The molecule has 0 aliphatic carbocycles. The summed E-state index contributed by atoms with van der Waals surface area (Å²) in [7, 11) is 0. The minimum Gasteiger partial charge on any atom is -0.390 e. The summed E-state index contributed by atoms with van der Waals surface area (Å²) in [5.74, 6) is 0.567. The van der Waals surface area contributed by atoms with Gasteiger partial charge in [-0.3, -0.25) is 10.1 Å². The van der Waals surface area contributed by atoms with Crippen LogP contribution in [0.4, 0.5) is 5.69 Å². The van der Waals surface area contributed by atoms with Crippen LogP contribution in [-0.4, -0.2) is 19.6 Å². The smallest absolute Gasteiger partial charge is 0.269 e. The van der Waals surface area contributed by atoms with Crippen LogP contribution in [0.5, 0.6) is 0 Å². The first-order valence-corrected chi connectivity index (χ1v) is 9.12. The summed E-state index contributed by atoms with van der Waals surface area (Å²) in [6.07, 6.45) is 1.84. The Hall–Kier alpha value is -2.64. The molecule has 0 amide bonds. The van der Waals surface area contributed by atoms with Gasteiger partial charge in [0, 0.05) is 30.6 Å². The number of rotatable bonds is 7. The molecule has 3 rings (SSSR count). The van der Waals surface area contributed by atoms with Crippen LogP contribution in [0.3, 0.4) is 0 Å². The zero-order chi connectivity index (χ0) is 18.5. The van der Waals surface area contributed by atoms with Crippen LogP contribution in [0, 0.1) is 17.0 Å². The van der Waals surface area contributed by atoms with Crippen LogP contribution >= 0.6 is 11.8 Å². The Morgan fingerprint density at radius 2 is 1.96 bits per heavy atom. The molecule has 0 saturated heterocycles. The van der Waals surface area contributed by atoms with Gasteiger partial charge in [-0.05, 0) is 18.1 Å². The SMILES string of the molecule is Cc1ccc(Cn2cc(CO)nc2SCc2cccc([N+](=O)[O-])c2)cc1. The minimum atomic E-state index is -0.392. The Bertz CT molecular complexity index is 907. The van der Waals surface area contributed by atoms with Gasteiger partial charge >= 0.3 is 0 Å². The van der Waals surface area contributed by atoms with Gasteiger partial charge in [0.25, 0.3) is 5.69 Å². The van der Waals surface area contributed by atoms with E-state index in [4.69, 9.17) is 0 Å². The maximum atomic E-state index is 10.9. The first-order valence-electron chi connectivity index (χ1n) is 8.14. The monoisotopic (exact) mass is 369 g/mol. The molecule has 0 aliphatic heterocycles. The summed E-state index contributed by atoms with van der Waals surface area (Å²) in [6.45, 7) is 2.58. The van der Waals surface area contributed by atoms with Crippen LogP contribution in [0.2, 0.25) is 0 Å². The third-order valence-electron chi connectivity index (χ3n) is 3.91. The molecule has 1 heterocycles. The summed E-state index contributed by atoms with van der Waals surface area (Å²) >= 11 is 1.50. The van der Waals surface area contributed by atoms with E-state index in [2.05, 4.69) is 29.2 Å². The van der Waals surface area contributed by atoms with Crippen LogP contribution in [0.1, 0.15) is 22.4 Å². The first-order chi connectivity index (χ1) is 12.5. The Morgan fingerprint density at radius 3 is 2.65 bits per heavy atom. The summed E-state index contributed by atoms with van der Waals surface area (Å²) in [4.78, 5) is 15.0. The van der Waals surface area contributed by atoms with Gasteiger partial charge in [0.2, 0.25) is 0 Å². The Balaban J connectivity index is 1.76. The van der Waals surface area contributed by atoms with Crippen molar-refractivity contribution in [3.8, 4) is 0 Å². The largest absolute Gasteiger partial charge is 0.390 e. The number of aryl methyl sites for hydroxylation is 1. The third kappa shape index (κ3) is 4.50. The Labute approximate surface area is 155 Å². The number of non-ortho nitro benzene ring substituents is 1. The Kier molecular flexibility index (Phi) is 5.70. The molecule has 0 aliphatic rings. The van der Waals surface area contributed by atoms with Crippen LogP contribution in [0.15, 0.2) is 59.9 Å². The molecule has 0 bridgehead atoms. The van der Waals surface area contributed by atoms with Gasteiger partial charge < -0.3 is 9.67 Å². The lowest BCUT2D eigenvalue weighted by molar-refractivity contribution is -0.384. The number of aliphatic hydroxyl groups excluding tert-OH is 1. The fraction of sp³-hybridized carbons (Fsp3) is 0.211. The number of nitrogens with zero attached hydrogens (tertiary/aromatic N) is 3. The van der Waals surface area contributed by atoms with Crippen molar-refractivity contribution in [3.05, 3.63) is 87.2 Å². The van der Waals surface area contributed by atoms with Gasteiger partial charge in [-0.25, -0.2) is 4.98 Å². The normalized spacial score (nSPS) is 10.8. The van der Waals surface area contributed by atoms with Gasteiger partial charge in [0.1, 0.15) is 0 Å². The number of aromatic nitrogens is 2. The molecular formula is C19H19N3O3S. The van der Waals surface area contributed by atoms with Crippen molar-refractivity contribution < 1.29 is 10.0 Å². The van der Waals surface area contributed by atoms with Crippen molar-refractivity contribution in [1.82, 2.24) is 9.55 Å². The maximum Gasteiger partial charge on any atom is 0.269 e. The van der Waals surface area contributed by atoms with E-state index in [1.54, 1.807) is 12.1 Å². The molecule has 6 nitrogen and oxygen atoms in total. The fourth-order valence-corrected chi connectivity index (χ4v) is 3.49. The van der Waals surface area contributed by atoms with Crippen LogP contribution < -0.4 is 0 Å². The number of benzene rings is 2. The zero-order valence-corrected chi connectivity index (χ0v) is 15.1. The van der Waals surface area contributed by atoms with Crippen LogP contribution in [-0.2, 0) is 18.9 Å². The molecule has 2 aromatic carbocycles. The van der Waals surface area contributed by atoms with Crippen molar-refractivity contribution in [2.24, 2.45) is 0 Å². The highest BCUT2D eigenvalue weighted by Crippen LogP contribution is 2.25. The second-order valence-corrected chi connectivity index (χ2v) is 6.94. The summed E-state index contributed by atoms with van der Waals surface area (Å²) in [5.41, 5.74) is 3.91. The molecule has 0 fully saturated rings. The lowest BCUT2D eigenvalue weighted by atomic mass is 10.1. The maximum absolute atomic E-state index is 10.9. The van der Waals surface area contributed by atoms with Crippen molar-refractivity contribution in [3.63, 3.8) is 0 Å². The van der Waals surface area contributed by atoms with Crippen molar-refractivity contribution in [1.29, 1.82) is 0 Å². The topological polar surface area (TPSA) is 81.2 Å². The number of nitro benzene ring substituents is 1. The average Bonchev–Trinajstić information content (AvgIpc) is 3.04. The average molecular weight is 369 g/mol. The third-order valence-corrected chi connectivity index (χ3v) is 4.98. The highest BCUT2D eigenvalue weighted by molar-refractivity contribution is 7.98. The molecule has 134 valence electrons. The van der Waals surface area contributed by atoms with Crippen molar-refractivity contribution in [2.75, 3.05) is 0 Å². The molecule has 0 unspecified atom stereocenters. The second kappa shape index (κ2) is 8.16. The van der Waals surface area contributed by atoms with E-state index < -0.39 is 4.92 Å². The van der Waals surface area contributed by atoms with E-state index in [-0.39, 0.29) is 12.3 Å². The summed E-state index contributed by atoms with van der Waals surface area (Å²) in [5, 5.41) is 21.1. The van der Waals surface area contributed by atoms with Crippen molar-refractivity contribution in [2.45, 2.75) is 31.0 Å². The zero-order valence-electron chi connectivity index (χ0n) is 14.3. The molecule has 0 radical (unpaired) electrons. The first kappa shape index (κ1) is 18.2. The highest BCUT2D eigenvalue weighted by Gasteiger charge is 2.11. The van der Waals surface area contributed by atoms with Gasteiger partial charge in [-0.1, -0.05) is 53.7 Å². The van der Waals surface area contributed by atoms with E-state index in [1.165, 1.54) is 23.4 Å². The van der Waals surface area contributed by atoms with Gasteiger partial charge in [-0.15, -0.1) is 0 Å². The molecule has 1 N–H and O–H groups in total. The molecule has 7 heteroatoms. The Morgan fingerprint density at radius 1 is 1.19 bits per heavy atom. The molecule has 0 spiro atoms. The van der Waals surface area contributed by atoms with E-state index in [9.17, 15) is 15.2 Å². The van der Waals surface area contributed by atoms with Crippen LogP contribution in [0.25, 0.3) is 0 Å². The van der Waals surface area contributed by atoms with E-state index in [0.717, 1.165) is 16.3 Å². The molecule has 3 aromatic rings. The van der Waals surface area contributed by atoms with Gasteiger partial charge in [-0.2, -0.15) is 0 Å². The van der Waals surface area contributed by atoms with E-state index >= 15 is 0 Å².